The van der Waals surface area contributed by atoms with Crippen molar-refractivity contribution in [2.24, 2.45) is 5.92 Å². The quantitative estimate of drug-likeness (QED) is 0.550. The Bertz CT molecular complexity index is 152. The lowest BCUT2D eigenvalue weighted by Crippen LogP contribution is -2.36. The lowest BCUT2D eigenvalue weighted by molar-refractivity contribution is 0.0911. The molecule has 4 heteroatoms. The van der Waals surface area contributed by atoms with E-state index in [1.807, 2.05) is 0 Å². The van der Waals surface area contributed by atoms with Crippen LogP contribution in [0.25, 0.3) is 0 Å². The largest absolute Gasteiger partial charge is 0.394 e. The Labute approximate surface area is 116 Å². The molecule has 98 valence electrons. The number of aliphatic hydroxyl groups is 1. The molecule has 0 radical (unpaired) electrons. The summed E-state index contributed by atoms with van der Waals surface area (Å²) in [6.07, 6.45) is 6.98. The molecule has 1 unspecified atom stereocenters. The van der Waals surface area contributed by atoms with Gasteiger partial charge < -0.3 is 15.2 Å². The molecule has 0 amide bonds. The van der Waals surface area contributed by atoms with Gasteiger partial charge in [0.1, 0.15) is 0 Å². The molecule has 0 heterocycles. The smallest absolute Gasteiger partial charge is 0.0698 e. The first-order valence-electron chi connectivity index (χ1n) is 6.26. The van der Waals surface area contributed by atoms with E-state index in [1.54, 1.807) is 0 Å². The summed E-state index contributed by atoms with van der Waals surface area (Å²) in [7, 11) is 0. The third-order valence-electron chi connectivity index (χ3n) is 3.31. The van der Waals surface area contributed by atoms with Crippen molar-refractivity contribution in [3.63, 3.8) is 0 Å². The number of ether oxygens (including phenoxy) is 1. The Hall–Kier alpha value is 0.610. The highest BCUT2D eigenvalue weighted by atomic mass is 127. The molecule has 16 heavy (non-hydrogen) atoms. The molecule has 0 aromatic carbocycles. The average Bonchev–Trinajstić information content (AvgIpc) is 2.30. The molecule has 0 spiro atoms. The number of aliphatic hydroxyl groups excluding tert-OH is 1. The highest BCUT2D eigenvalue weighted by molar-refractivity contribution is 14.0. The summed E-state index contributed by atoms with van der Waals surface area (Å²) in [6, 6.07) is 0.614. The second-order valence-corrected chi connectivity index (χ2v) is 4.48. The maximum atomic E-state index is 8.53. The Morgan fingerprint density at radius 2 is 1.94 bits per heavy atom. The van der Waals surface area contributed by atoms with Crippen LogP contribution in [0.1, 0.15) is 39.0 Å². The summed E-state index contributed by atoms with van der Waals surface area (Å²) in [4.78, 5) is 0. The van der Waals surface area contributed by atoms with Gasteiger partial charge in [-0.2, -0.15) is 0 Å². The van der Waals surface area contributed by atoms with Gasteiger partial charge in [0.2, 0.25) is 0 Å². The second kappa shape index (κ2) is 10.7. The van der Waals surface area contributed by atoms with Gasteiger partial charge in [0.15, 0.2) is 0 Å². The van der Waals surface area contributed by atoms with E-state index < -0.39 is 0 Å². The van der Waals surface area contributed by atoms with Crippen LogP contribution in [0.4, 0.5) is 0 Å². The molecule has 1 rings (SSSR count). The minimum Gasteiger partial charge on any atom is -0.394 e. The van der Waals surface area contributed by atoms with E-state index in [-0.39, 0.29) is 30.6 Å². The fourth-order valence-corrected chi connectivity index (χ4v) is 2.33. The summed E-state index contributed by atoms with van der Waals surface area (Å²) >= 11 is 0. The first-order chi connectivity index (χ1) is 7.34. The Morgan fingerprint density at radius 3 is 2.56 bits per heavy atom. The van der Waals surface area contributed by atoms with Crippen molar-refractivity contribution in [3.05, 3.63) is 0 Å². The lowest BCUT2D eigenvalue weighted by Gasteiger charge is -2.28. The summed E-state index contributed by atoms with van der Waals surface area (Å²) in [5.41, 5.74) is 0. The molecule has 1 aliphatic rings. The van der Waals surface area contributed by atoms with Gasteiger partial charge in [-0.3, -0.25) is 0 Å². The summed E-state index contributed by atoms with van der Waals surface area (Å²) in [5, 5.41) is 12.0. The van der Waals surface area contributed by atoms with Crippen LogP contribution >= 0.6 is 24.0 Å². The topological polar surface area (TPSA) is 41.5 Å². The third kappa shape index (κ3) is 7.04. The number of halogens is 1. The predicted molar refractivity (Wildman–Crippen MR) is 77.4 cm³/mol. The molecule has 0 saturated heterocycles. The van der Waals surface area contributed by atoms with Crippen molar-refractivity contribution in [1.82, 2.24) is 5.32 Å². The Balaban J connectivity index is 0.00000225. The zero-order valence-corrected chi connectivity index (χ0v) is 12.6. The third-order valence-corrected chi connectivity index (χ3v) is 3.31. The predicted octanol–water partition coefficient (Wildman–Crippen LogP) is 2.17. The zero-order chi connectivity index (χ0) is 10.9. The molecule has 0 bridgehead atoms. The molecular weight excluding hydrogens is 317 g/mol. The Kier molecular flexibility index (Phi) is 11.2. The number of nitrogens with one attached hydrogen (secondary N) is 1. The molecule has 3 nitrogen and oxygen atoms in total. The van der Waals surface area contributed by atoms with E-state index in [4.69, 9.17) is 9.84 Å². The van der Waals surface area contributed by atoms with E-state index in [1.165, 1.54) is 32.1 Å². The van der Waals surface area contributed by atoms with Crippen LogP contribution in [0, 0.1) is 5.92 Å². The standard InChI is InChI=1S/C12H25NO2.HI/c1-11(12-5-3-2-4-6-12)13-7-9-15-10-8-14;/h11-14H,2-10H2,1H3;1H. The van der Waals surface area contributed by atoms with Gasteiger partial charge in [0.05, 0.1) is 19.8 Å². The van der Waals surface area contributed by atoms with E-state index in [2.05, 4.69) is 12.2 Å². The van der Waals surface area contributed by atoms with Crippen LogP contribution < -0.4 is 5.32 Å². The number of hydrogen-bond donors (Lipinski definition) is 2. The summed E-state index contributed by atoms with van der Waals surface area (Å²) in [6.45, 7) is 4.47. The van der Waals surface area contributed by atoms with E-state index >= 15 is 0 Å². The summed E-state index contributed by atoms with van der Waals surface area (Å²) < 4.78 is 5.21. The van der Waals surface area contributed by atoms with E-state index in [0.717, 1.165) is 12.5 Å². The molecule has 1 saturated carbocycles. The minimum absolute atomic E-state index is 0. The van der Waals surface area contributed by atoms with Crippen molar-refractivity contribution >= 4 is 24.0 Å². The first-order valence-corrected chi connectivity index (χ1v) is 6.26. The van der Waals surface area contributed by atoms with Gasteiger partial charge in [0, 0.05) is 12.6 Å². The molecule has 0 aliphatic heterocycles. The van der Waals surface area contributed by atoms with E-state index in [0.29, 0.717) is 19.3 Å². The normalized spacial score (nSPS) is 19.1. The van der Waals surface area contributed by atoms with Crippen molar-refractivity contribution < 1.29 is 9.84 Å². The van der Waals surface area contributed by atoms with Gasteiger partial charge in [-0.1, -0.05) is 19.3 Å². The highest BCUT2D eigenvalue weighted by Gasteiger charge is 2.18. The van der Waals surface area contributed by atoms with Gasteiger partial charge >= 0.3 is 0 Å². The average molecular weight is 343 g/mol. The van der Waals surface area contributed by atoms with Crippen LogP contribution in [0.15, 0.2) is 0 Å². The monoisotopic (exact) mass is 343 g/mol. The van der Waals surface area contributed by atoms with Crippen LogP contribution in [0.5, 0.6) is 0 Å². The molecule has 1 aliphatic carbocycles. The van der Waals surface area contributed by atoms with Gasteiger partial charge in [-0.05, 0) is 25.7 Å². The highest BCUT2D eigenvalue weighted by Crippen LogP contribution is 2.26. The molecule has 2 N–H and O–H groups in total. The minimum atomic E-state index is 0. The molecule has 1 fully saturated rings. The maximum absolute atomic E-state index is 8.53. The Morgan fingerprint density at radius 1 is 1.25 bits per heavy atom. The van der Waals surface area contributed by atoms with Crippen molar-refractivity contribution in [2.45, 2.75) is 45.1 Å². The van der Waals surface area contributed by atoms with Gasteiger partial charge in [0.25, 0.3) is 0 Å². The van der Waals surface area contributed by atoms with Crippen LogP contribution in [-0.2, 0) is 4.74 Å². The zero-order valence-electron chi connectivity index (χ0n) is 10.3. The molecule has 1 atom stereocenters. The van der Waals surface area contributed by atoms with Crippen molar-refractivity contribution in [2.75, 3.05) is 26.4 Å². The van der Waals surface area contributed by atoms with Crippen LogP contribution in [0.3, 0.4) is 0 Å². The number of rotatable bonds is 7. The fourth-order valence-electron chi connectivity index (χ4n) is 2.33. The maximum Gasteiger partial charge on any atom is 0.0698 e. The fraction of sp³-hybridized carbons (Fsp3) is 1.00. The first kappa shape index (κ1) is 16.6. The van der Waals surface area contributed by atoms with Crippen LogP contribution in [-0.4, -0.2) is 37.5 Å². The molecule has 0 aromatic heterocycles. The van der Waals surface area contributed by atoms with E-state index in [9.17, 15) is 0 Å². The van der Waals surface area contributed by atoms with Crippen LogP contribution in [0.2, 0.25) is 0 Å². The van der Waals surface area contributed by atoms with Gasteiger partial charge in [-0.15, -0.1) is 24.0 Å². The summed E-state index contributed by atoms with van der Waals surface area (Å²) in [5.74, 6) is 0.858. The van der Waals surface area contributed by atoms with Crippen molar-refractivity contribution in [3.8, 4) is 0 Å². The second-order valence-electron chi connectivity index (χ2n) is 4.48. The lowest BCUT2D eigenvalue weighted by atomic mass is 9.84. The number of hydrogen-bond acceptors (Lipinski definition) is 3. The molecule has 0 aromatic rings. The van der Waals surface area contributed by atoms with Crippen molar-refractivity contribution in [1.29, 1.82) is 0 Å². The van der Waals surface area contributed by atoms with Gasteiger partial charge in [-0.25, -0.2) is 0 Å². The SMILES string of the molecule is CC(NCCOCCO)C1CCCCC1.I. The molecular formula is C12H26INO2.